The minimum atomic E-state index is -1.21. The van der Waals surface area contributed by atoms with E-state index >= 15 is 0 Å². The summed E-state index contributed by atoms with van der Waals surface area (Å²) in [6.45, 7) is -0.639. The van der Waals surface area contributed by atoms with Crippen LogP contribution in [0.15, 0.2) is 6.20 Å². The van der Waals surface area contributed by atoms with Gasteiger partial charge in [0.05, 0.1) is 4.92 Å². The van der Waals surface area contributed by atoms with Gasteiger partial charge in [-0.1, -0.05) is 0 Å². The Kier molecular flexibility index (Phi) is 2.65. The van der Waals surface area contributed by atoms with E-state index in [1.165, 1.54) is 7.05 Å². The van der Waals surface area contributed by atoms with Crippen molar-refractivity contribution < 1.29 is 19.6 Å². The topological polar surface area (TPSA) is 107 Å². The zero-order chi connectivity index (χ0) is 10.7. The second-order valence-electron chi connectivity index (χ2n) is 2.40. The SMILES string of the molecule is Cn1ncc([N+](=O)[O-])c1OCC(=O)O. The van der Waals surface area contributed by atoms with Crippen molar-refractivity contribution in [3.8, 4) is 5.88 Å². The highest BCUT2D eigenvalue weighted by molar-refractivity contribution is 5.68. The van der Waals surface area contributed by atoms with Crippen LogP contribution in [0.1, 0.15) is 0 Å². The minimum Gasteiger partial charge on any atom is -0.479 e. The van der Waals surface area contributed by atoms with Gasteiger partial charge in [0.1, 0.15) is 6.20 Å². The summed E-state index contributed by atoms with van der Waals surface area (Å²) in [5.74, 6) is -1.38. The standard InChI is InChI=1S/C6H7N3O5/c1-8-6(14-3-5(10)11)4(2-7-8)9(12)13/h2H,3H2,1H3,(H,10,11). The number of hydrogen-bond donors (Lipinski definition) is 1. The largest absolute Gasteiger partial charge is 0.479 e. The molecule has 0 aliphatic rings. The quantitative estimate of drug-likeness (QED) is 0.533. The maximum absolute atomic E-state index is 10.4. The number of aromatic nitrogens is 2. The van der Waals surface area contributed by atoms with Gasteiger partial charge in [0.25, 0.3) is 5.88 Å². The average Bonchev–Trinajstić information content (AvgIpc) is 2.43. The lowest BCUT2D eigenvalue weighted by molar-refractivity contribution is -0.385. The molecule has 1 rings (SSSR count). The van der Waals surface area contributed by atoms with Gasteiger partial charge in [0.15, 0.2) is 6.61 Å². The summed E-state index contributed by atoms with van der Waals surface area (Å²) in [5.41, 5.74) is -0.353. The van der Waals surface area contributed by atoms with Crippen molar-refractivity contribution in [2.24, 2.45) is 7.05 Å². The van der Waals surface area contributed by atoms with Crippen LogP contribution in [0.2, 0.25) is 0 Å². The van der Waals surface area contributed by atoms with Crippen molar-refractivity contribution in [1.82, 2.24) is 9.78 Å². The highest BCUT2D eigenvalue weighted by Crippen LogP contribution is 2.24. The molecule has 0 aliphatic heterocycles. The average molecular weight is 201 g/mol. The first kappa shape index (κ1) is 9.96. The van der Waals surface area contributed by atoms with Crippen molar-refractivity contribution >= 4 is 11.7 Å². The van der Waals surface area contributed by atoms with E-state index in [0.29, 0.717) is 0 Å². The van der Waals surface area contributed by atoms with Gasteiger partial charge in [0.2, 0.25) is 0 Å². The van der Waals surface area contributed by atoms with E-state index in [0.717, 1.165) is 10.9 Å². The second kappa shape index (κ2) is 3.73. The molecular formula is C6H7N3O5. The van der Waals surface area contributed by atoms with E-state index < -0.39 is 17.5 Å². The summed E-state index contributed by atoms with van der Waals surface area (Å²) < 4.78 is 5.79. The Hall–Kier alpha value is -2.12. The number of carboxylic acids is 1. The lowest BCUT2D eigenvalue weighted by atomic mass is 10.5. The second-order valence-corrected chi connectivity index (χ2v) is 2.40. The lowest BCUT2D eigenvalue weighted by Gasteiger charge is -2.01. The molecule has 0 atom stereocenters. The molecule has 0 saturated heterocycles. The Balaban J connectivity index is 2.88. The fourth-order valence-electron chi connectivity index (χ4n) is 0.837. The van der Waals surface area contributed by atoms with Crippen LogP contribution in [0, 0.1) is 10.1 Å². The van der Waals surface area contributed by atoms with Gasteiger partial charge in [0, 0.05) is 7.05 Å². The van der Waals surface area contributed by atoms with E-state index in [9.17, 15) is 14.9 Å². The Bertz CT molecular complexity index is 372. The third kappa shape index (κ3) is 1.97. The molecule has 0 saturated carbocycles. The predicted molar refractivity (Wildman–Crippen MR) is 43.0 cm³/mol. The van der Waals surface area contributed by atoms with E-state index in [1.54, 1.807) is 0 Å². The normalized spacial score (nSPS) is 9.79. The molecule has 1 aromatic heterocycles. The molecule has 0 unspecified atom stereocenters. The highest BCUT2D eigenvalue weighted by Gasteiger charge is 2.21. The summed E-state index contributed by atoms with van der Waals surface area (Å²) in [5, 5.41) is 22.3. The van der Waals surface area contributed by atoms with Gasteiger partial charge < -0.3 is 9.84 Å². The number of nitrogens with zero attached hydrogens (tertiary/aromatic N) is 3. The molecule has 0 aliphatic carbocycles. The predicted octanol–water partition coefficient (Wildman–Crippen LogP) is -0.208. The maximum Gasteiger partial charge on any atom is 0.350 e. The molecule has 1 heterocycles. The first-order chi connectivity index (χ1) is 6.52. The lowest BCUT2D eigenvalue weighted by Crippen LogP contribution is -2.12. The Morgan fingerprint density at radius 2 is 2.50 bits per heavy atom. The highest BCUT2D eigenvalue weighted by atomic mass is 16.6. The van der Waals surface area contributed by atoms with Crippen LogP contribution in [0.4, 0.5) is 5.69 Å². The van der Waals surface area contributed by atoms with Crippen LogP contribution in [0.3, 0.4) is 0 Å². The molecule has 1 aromatic rings. The van der Waals surface area contributed by atoms with E-state index in [-0.39, 0.29) is 11.6 Å². The van der Waals surface area contributed by atoms with Gasteiger partial charge >= 0.3 is 11.7 Å². The van der Waals surface area contributed by atoms with Crippen LogP contribution in [0.5, 0.6) is 5.88 Å². The summed E-state index contributed by atoms with van der Waals surface area (Å²) in [6.07, 6.45) is 0.997. The molecule has 0 bridgehead atoms. The molecule has 1 N–H and O–H groups in total. The van der Waals surface area contributed by atoms with Crippen LogP contribution in [-0.4, -0.2) is 32.4 Å². The number of carboxylic acid groups (broad SMARTS) is 1. The minimum absolute atomic E-state index is 0.169. The molecule has 0 aromatic carbocycles. The number of aliphatic carboxylic acids is 1. The van der Waals surface area contributed by atoms with Crippen molar-refractivity contribution in [2.45, 2.75) is 0 Å². The molecule has 8 heteroatoms. The number of hydrogen-bond acceptors (Lipinski definition) is 5. The van der Waals surface area contributed by atoms with Gasteiger partial charge in [-0.2, -0.15) is 5.10 Å². The van der Waals surface area contributed by atoms with Crippen molar-refractivity contribution in [1.29, 1.82) is 0 Å². The van der Waals surface area contributed by atoms with Crippen molar-refractivity contribution in [3.63, 3.8) is 0 Å². The fraction of sp³-hybridized carbons (Fsp3) is 0.333. The first-order valence-corrected chi connectivity index (χ1v) is 3.53. The number of carbonyl (C=O) groups is 1. The third-order valence-corrected chi connectivity index (χ3v) is 1.40. The maximum atomic E-state index is 10.4. The molecule has 14 heavy (non-hydrogen) atoms. The number of rotatable bonds is 4. The monoisotopic (exact) mass is 201 g/mol. The van der Waals surface area contributed by atoms with E-state index in [4.69, 9.17) is 5.11 Å². The summed E-state index contributed by atoms with van der Waals surface area (Å²) in [6, 6.07) is 0. The molecule has 0 spiro atoms. The first-order valence-electron chi connectivity index (χ1n) is 3.53. The Morgan fingerprint density at radius 1 is 1.86 bits per heavy atom. The van der Waals surface area contributed by atoms with E-state index in [1.807, 2.05) is 0 Å². The smallest absolute Gasteiger partial charge is 0.350 e. The molecular weight excluding hydrogens is 194 g/mol. The van der Waals surface area contributed by atoms with E-state index in [2.05, 4.69) is 9.84 Å². The molecule has 0 amide bonds. The zero-order valence-corrected chi connectivity index (χ0v) is 7.21. The van der Waals surface area contributed by atoms with Gasteiger partial charge in [-0.05, 0) is 0 Å². The fourth-order valence-corrected chi connectivity index (χ4v) is 0.837. The number of nitro groups is 1. The summed E-state index contributed by atoms with van der Waals surface area (Å²) in [4.78, 5) is 19.9. The van der Waals surface area contributed by atoms with Crippen molar-refractivity contribution in [3.05, 3.63) is 16.3 Å². The molecule has 0 radical (unpaired) electrons. The van der Waals surface area contributed by atoms with Gasteiger partial charge in [-0.3, -0.25) is 10.1 Å². The third-order valence-electron chi connectivity index (χ3n) is 1.40. The Labute approximate surface area is 77.9 Å². The van der Waals surface area contributed by atoms with Crippen LogP contribution < -0.4 is 4.74 Å². The Morgan fingerprint density at radius 3 is 3.00 bits per heavy atom. The zero-order valence-electron chi connectivity index (χ0n) is 7.21. The molecule has 8 nitrogen and oxygen atoms in total. The molecule has 0 fully saturated rings. The van der Waals surface area contributed by atoms with Crippen LogP contribution in [-0.2, 0) is 11.8 Å². The van der Waals surface area contributed by atoms with Crippen LogP contribution in [0.25, 0.3) is 0 Å². The van der Waals surface area contributed by atoms with Crippen molar-refractivity contribution in [2.75, 3.05) is 6.61 Å². The summed E-state index contributed by atoms with van der Waals surface area (Å²) in [7, 11) is 1.42. The number of ether oxygens (including phenoxy) is 1. The number of aryl methyl sites for hydroxylation is 1. The summed E-state index contributed by atoms with van der Waals surface area (Å²) >= 11 is 0. The van der Waals surface area contributed by atoms with Gasteiger partial charge in [-0.15, -0.1) is 0 Å². The molecule has 76 valence electrons. The van der Waals surface area contributed by atoms with Gasteiger partial charge in [-0.25, -0.2) is 9.48 Å². The van der Waals surface area contributed by atoms with Crippen LogP contribution >= 0.6 is 0 Å².